The first-order valence-electron chi connectivity index (χ1n) is 6.08. The summed E-state index contributed by atoms with van der Waals surface area (Å²) in [5.74, 6) is 0.575. The van der Waals surface area contributed by atoms with Crippen molar-refractivity contribution in [3.63, 3.8) is 0 Å². The zero-order valence-corrected chi connectivity index (χ0v) is 10.0. The number of nitrogens with two attached hydrogens (primary N) is 1. The molecule has 1 aromatic heterocycles. The molecule has 2 saturated heterocycles. The van der Waals surface area contributed by atoms with Crippen molar-refractivity contribution < 1.29 is 4.74 Å². The van der Waals surface area contributed by atoms with E-state index in [1.807, 2.05) is 18.3 Å². The molecule has 3 rings (SSSR count). The summed E-state index contributed by atoms with van der Waals surface area (Å²) in [5.41, 5.74) is 6.76. The molecule has 0 aliphatic carbocycles. The number of epoxide rings is 1. The van der Waals surface area contributed by atoms with Gasteiger partial charge in [0.05, 0.1) is 18.5 Å². The molecule has 92 valence electrons. The molecule has 1 aromatic rings. The fraction of sp³-hybridized carbons (Fsp3) is 0.583. The summed E-state index contributed by atoms with van der Waals surface area (Å²) in [7, 11) is 0. The molecule has 3 heterocycles. The van der Waals surface area contributed by atoms with Gasteiger partial charge in [-0.15, -0.1) is 0 Å². The summed E-state index contributed by atoms with van der Waals surface area (Å²) < 4.78 is 5.33. The SMILES string of the molecule is C[C@H]1CN([C@@H]2CO2)CCN1c1ccc(N)nc1. The maximum atomic E-state index is 5.61. The Morgan fingerprint density at radius 1 is 1.41 bits per heavy atom. The van der Waals surface area contributed by atoms with Gasteiger partial charge in [-0.2, -0.15) is 0 Å². The van der Waals surface area contributed by atoms with Gasteiger partial charge in [0.1, 0.15) is 12.0 Å². The van der Waals surface area contributed by atoms with Crippen LogP contribution < -0.4 is 10.6 Å². The first-order chi connectivity index (χ1) is 8.24. The van der Waals surface area contributed by atoms with Gasteiger partial charge in [0.25, 0.3) is 0 Å². The second-order valence-corrected chi connectivity index (χ2v) is 4.77. The Hall–Kier alpha value is -1.33. The van der Waals surface area contributed by atoms with Gasteiger partial charge in [0.15, 0.2) is 0 Å². The number of pyridine rings is 1. The average molecular weight is 234 g/mol. The Balaban J connectivity index is 1.69. The van der Waals surface area contributed by atoms with E-state index >= 15 is 0 Å². The molecule has 2 N–H and O–H groups in total. The van der Waals surface area contributed by atoms with Crippen molar-refractivity contribution in [3.05, 3.63) is 18.3 Å². The lowest BCUT2D eigenvalue weighted by molar-refractivity contribution is 0.150. The molecule has 0 saturated carbocycles. The predicted octanol–water partition coefficient (Wildman–Crippen LogP) is 0.531. The molecule has 5 nitrogen and oxygen atoms in total. The molecule has 2 aliphatic heterocycles. The van der Waals surface area contributed by atoms with Gasteiger partial charge >= 0.3 is 0 Å². The number of hydrogen-bond acceptors (Lipinski definition) is 5. The molecule has 5 heteroatoms. The van der Waals surface area contributed by atoms with Crippen LogP contribution >= 0.6 is 0 Å². The molecule has 0 spiro atoms. The van der Waals surface area contributed by atoms with Crippen LogP contribution in [0.25, 0.3) is 0 Å². The first kappa shape index (κ1) is 10.8. The van der Waals surface area contributed by atoms with E-state index in [0.29, 0.717) is 18.1 Å². The van der Waals surface area contributed by atoms with Crippen LogP contribution in [0.1, 0.15) is 6.92 Å². The molecular formula is C12H18N4O. The number of anilines is 2. The van der Waals surface area contributed by atoms with E-state index in [4.69, 9.17) is 10.5 Å². The van der Waals surface area contributed by atoms with Gasteiger partial charge in [-0.25, -0.2) is 4.98 Å². The summed E-state index contributed by atoms with van der Waals surface area (Å²) in [6, 6.07) is 4.39. The predicted molar refractivity (Wildman–Crippen MR) is 66.8 cm³/mol. The molecule has 2 atom stereocenters. The van der Waals surface area contributed by atoms with E-state index in [0.717, 1.165) is 31.9 Å². The normalized spacial score (nSPS) is 29.4. The smallest absolute Gasteiger partial charge is 0.134 e. The van der Waals surface area contributed by atoms with E-state index in [2.05, 4.69) is 21.7 Å². The van der Waals surface area contributed by atoms with Crippen LogP contribution in [0.15, 0.2) is 18.3 Å². The standard InChI is InChI=1S/C12H18N4O/c1-9-7-15(12-8-17-12)4-5-16(9)10-2-3-11(13)14-6-10/h2-3,6,9,12H,4-5,7-8H2,1H3,(H2,13,14)/t9-,12-/m0/s1. The number of nitrogens with zero attached hydrogens (tertiary/aromatic N) is 3. The summed E-state index contributed by atoms with van der Waals surface area (Å²) in [4.78, 5) is 8.94. The van der Waals surface area contributed by atoms with Crippen molar-refractivity contribution in [2.45, 2.75) is 19.2 Å². The first-order valence-corrected chi connectivity index (χ1v) is 6.08. The summed E-state index contributed by atoms with van der Waals surface area (Å²) in [6.45, 7) is 6.27. The van der Waals surface area contributed by atoms with Gasteiger partial charge in [-0.05, 0) is 19.1 Å². The van der Waals surface area contributed by atoms with Crippen LogP contribution in [0.4, 0.5) is 11.5 Å². The highest BCUT2D eigenvalue weighted by Crippen LogP contribution is 2.24. The molecule has 2 aliphatic rings. The van der Waals surface area contributed by atoms with Crippen molar-refractivity contribution in [2.24, 2.45) is 0 Å². The van der Waals surface area contributed by atoms with Crippen LogP contribution in [0.3, 0.4) is 0 Å². The van der Waals surface area contributed by atoms with E-state index < -0.39 is 0 Å². The third kappa shape index (κ3) is 2.21. The Bertz CT molecular complexity index is 390. The lowest BCUT2D eigenvalue weighted by Crippen LogP contribution is -2.52. The molecule has 0 unspecified atom stereocenters. The van der Waals surface area contributed by atoms with Gasteiger partial charge in [-0.1, -0.05) is 0 Å². The van der Waals surface area contributed by atoms with Gasteiger partial charge in [-0.3, -0.25) is 4.90 Å². The topological polar surface area (TPSA) is 57.9 Å². The van der Waals surface area contributed by atoms with Crippen LogP contribution in [0, 0.1) is 0 Å². The maximum Gasteiger partial charge on any atom is 0.134 e. The summed E-state index contributed by atoms with van der Waals surface area (Å²) in [5, 5.41) is 0. The quantitative estimate of drug-likeness (QED) is 0.756. The van der Waals surface area contributed by atoms with E-state index in [1.165, 1.54) is 0 Å². The van der Waals surface area contributed by atoms with Gasteiger partial charge in [0, 0.05) is 25.7 Å². The highest BCUT2D eigenvalue weighted by atomic mass is 16.6. The number of rotatable bonds is 2. The van der Waals surface area contributed by atoms with Crippen LogP contribution in [0.2, 0.25) is 0 Å². The van der Waals surface area contributed by atoms with Crippen LogP contribution in [-0.4, -0.2) is 48.4 Å². The number of ether oxygens (including phenoxy) is 1. The number of aromatic nitrogens is 1. The molecule has 0 bridgehead atoms. The molecule has 0 amide bonds. The Morgan fingerprint density at radius 3 is 2.82 bits per heavy atom. The zero-order valence-electron chi connectivity index (χ0n) is 10.0. The minimum absolute atomic E-state index is 0.379. The Kier molecular flexibility index (Phi) is 2.64. The second-order valence-electron chi connectivity index (χ2n) is 4.77. The monoisotopic (exact) mass is 234 g/mol. The molecule has 0 aromatic carbocycles. The average Bonchev–Trinajstić information content (AvgIpc) is 3.14. The minimum atomic E-state index is 0.379. The van der Waals surface area contributed by atoms with Crippen molar-refractivity contribution in [3.8, 4) is 0 Å². The highest BCUT2D eigenvalue weighted by molar-refractivity contribution is 5.49. The van der Waals surface area contributed by atoms with Gasteiger partial charge in [0.2, 0.25) is 0 Å². The third-order valence-electron chi connectivity index (χ3n) is 3.48. The summed E-state index contributed by atoms with van der Waals surface area (Å²) >= 11 is 0. The van der Waals surface area contributed by atoms with Crippen molar-refractivity contribution in [1.29, 1.82) is 0 Å². The Labute approximate surface area is 101 Å². The van der Waals surface area contributed by atoms with Crippen molar-refractivity contribution >= 4 is 11.5 Å². The molecule has 2 fully saturated rings. The lowest BCUT2D eigenvalue weighted by atomic mass is 10.1. The maximum absolute atomic E-state index is 5.61. The number of hydrogen-bond donors (Lipinski definition) is 1. The zero-order chi connectivity index (χ0) is 11.8. The van der Waals surface area contributed by atoms with Crippen molar-refractivity contribution in [2.75, 3.05) is 36.9 Å². The number of piperazine rings is 1. The molecule has 17 heavy (non-hydrogen) atoms. The fourth-order valence-electron chi connectivity index (χ4n) is 2.45. The second kappa shape index (κ2) is 4.16. The van der Waals surface area contributed by atoms with E-state index in [9.17, 15) is 0 Å². The Morgan fingerprint density at radius 2 is 2.24 bits per heavy atom. The minimum Gasteiger partial charge on any atom is -0.384 e. The van der Waals surface area contributed by atoms with E-state index in [1.54, 1.807) is 0 Å². The highest BCUT2D eigenvalue weighted by Gasteiger charge is 2.35. The van der Waals surface area contributed by atoms with Gasteiger partial charge < -0.3 is 15.4 Å². The van der Waals surface area contributed by atoms with Crippen molar-refractivity contribution in [1.82, 2.24) is 9.88 Å². The van der Waals surface area contributed by atoms with Crippen LogP contribution in [-0.2, 0) is 4.74 Å². The largest absolute Gasteiger partial charge is 0.384 e. The summed E-state index contributed by atoms with van der Waals surface area (Å²) in [6.07, 6.45) is 2.24. The molecular weight excluding hydrogens is 216 g/mol. The lowest BCUT2D eigenvalue weighted by Gasteiger charge is -2.40. The van der Waals surface area contributed by atoms with E-state index in [-0.39, 0.29) is 0 Å². The third-order valence-corrected chi connectivity index (χ3v) is 3.48. The number of nitrogen functional groups attached to an aromatic ring is 1. The van der Waals surface area contributed by atoms with Crippen LogP contribution in [0.5, 0.6) is 0 Å². The molecule has 0 radical (unpaired) electrons. The fourth-order valence-corrected chi connectivity index (χ4v) is 2.45.